The van der Waals surface area contributed by atoms with Gasteiger partial charge in [-0.25, -0.2) is 0 Å². The number of hydrogen-bond acceptors (Lipinski definition) is 2. The summed E-state index contributed by atoms with van der Waals surface area (Å²) in [5.74, 6) is 0.649. The molecule has 0 aliphatic heterocycles. The Hall–Kier alpha value is -0.130. The van der Waals surface area contributed by atoms with Crippen molar-refractivity contribution in [1.82, 2.24) is 0 Å². The minimum atomic E-state index is 0.175. The van der Waals surface area contributed by atoms with Gasteiger partial charge >= 0.3 is 0 Å². The Morgan fingerprint density at radius 3 is 2.67 bits per heavy atom. The first-order valence-corrected chi connectivity index (χ1v) is 2.58. The molecule has 6 heavy (non-hydrogen) atoms. The van der Waals surface area contributed by atoms with Crippen LogP contribution in [0.4, 0.5) is 0 Å². The SMILES string of the molecule is C#CSCCO. The third-order valence-electron chi connectivity index (χ3n) is 0.277. The lowest BCUT2D eigenvalue weighted by Gasteiger charge is -1.79. The van der Waals surface area contributed by atoms with Gasteiger partial charge in [0.15, 0.2) is 0 Å². The second-order valence-corrected chi connectivity index (χ2v) is 1.62. The third-order valence-corrected chi connectivity index (χ3v) is 0.830. The molecule has 34 valence electrons. The lowest BCUT2D eigenvalue weighted by Crippen LogP contribution is -1.81. The van der Waals surface area contributed by atoms with Crippen LogP contribution in [-0.4, -0.2) is 17.5 Å². The molecule has 2 heteroatoms. The smallest absolute Gasteiger partial charge is 0.0531 e. The van der Waals surface area contributed by atoms with E-state index in [1.54, 1.807) is 0 Å². The number of thioether (sulfide) groups is 1. The van der Waals surface area contributed by atoms with Crippen molar-refractivity contribution in [2.75, 3.05) is 12.4 Å². The second kappa shape index (κ2) is 4.87. The first-order valence-electron chi connectivity index (χ1n) is 1.60. The maximum absolute atomic E-state index is 8.08. The summed E-state index contributed by atoms with van der Waals surface area (Å²) in [6.07, 6.45) is 4.82. The fourth-order valence-corrected chi connectivity index (χ4v) is 0.314. The van der Waals surface area contributed by atoms with E-state index >= 15 is 0 Å². The van der Waals surface area contributed by atoms with Crippen molar-refractivity contribution in [3.8, 4) is 11.7 Å². The van der Waals surface area contributed by atoms with Crippen LogP contribution in [0.5, 0.6) is 0 Å². The first-order chi connectivity index (χ1) is 2.91. The molecule has 0 aliphatic carbocycles. The van der Waals surface area contributed by atoms with Crippen LogP contribution in [0, 0.1) is 11.7 Å². The minimum absolute atomic E-state index is 0.175. The molecular formula is C4H6OS. The van der Waals surface area contributed by atoms with E-state index in [4.69, 9.17) is 11.5 Å². The van der Waals surface area contributed by atoms with Crippen molar-refractivity contribution in [3.05, 3.63) is 0 Å². The molecule has 0 amide bonds. The van der Waals surface area contributed by atoms with E-state index in [0.717, 1.165) is 0 Å². The highest BCUT2D eigenvalue weighted by molar-refractivity contribution is 8.03. The quantitative estimate of drug-likeness (QED) is 0.400. The molecule has 0 aromatic rings. The summed E-state index contributed by atoms with van der Waals surface area (Å²) < 4.78 is 0. The van der Waals surface area contributed by atoms with E-state index in [2.05, 4.69) is 5.25 Å². The Labute approximate surface area is 41.8 Å². The third kappa shape index (κ3) is 3.87. The monoisotopic (exact) mass is 102 g/mol. The van der Waals surface area contributed by atoms with Gasteiger partial charge in [-0.05, 0) is 5.25 Å². The average Bonchev–Trinajstić information content (AvgIpc) is 1.61. The molecule has 0 atom stereocenters. The zero-order chi connectivity index (χ0) is 4.83. The molecule has 0 saturated heterocycles. The van der Waals surface area contributed by atoms with Crippen LogP contribution in [0.3, 0.4) is 0 Å². The molecule has 1 N–H and O–H groups in total. The van der Waals surface area contributed by atoms with Gasteiger partial charge in [0.05, 0.1) is 6.61 Å². The summed E-state index contributed by atoms with van der Waals surface area (Å²) in [7, 11) is 0. The van der Waals surface area contributed by atoms with Crippen molar-refractivity contribution in [3.63, 3.8) is 0 Å². The van der Waals surface area contributed by atoms with Gasteiger partial charge in [-0.3, -0.25) is 0 Å². The molecule has 0 aliphatic rings. The van der Waals surface area contributed by atoms with Gasteiger partial charge in [-0.2, -0.15) is 0 Å². The summed E-state index contributed by atoms with van der Waals surface area (Å²) in [5.41, 5.74) is 0. The lowest BCUT2D eigenvalue weighted by molar-refractivity contribution is 0.323. The van der Waals surface area contributed by atoms with Crippen LogP contribution in [-0.2, 0) is 0 Å². The normalized spacial score (nSPS) is 7.33. The Kier molecular flexibility index (Phi) is 4.76. The summed E-state index contributed by atoms with van der Waals surface area (Å²) in [6.45, 7) is 0.175. The second-order valence-electron chi connectivity index (χ2n) is 0.690. The molecule has 0 radical (unpaired) electrons. The topological polar surface area (TPSA) is 20.2 Å². The van der Waals surface area contributed by atoms with Crippen LogP contribution in [0.1, 0.15) is 0 Å². The largest absolute Gasteiger partial charge is 0.395 e. The van der Waals surface area contributed by atoms with Gasteiger partial charge in [-0.15, -0.1) is 6.42 Å². The molecule has 1 nitrogen and oxygen atoms in total. The van der Waals surface area contributed by atoms with Crippen molar-refractivity contribution in [1.29, 1.82) is 0 Å². The van der Waals surface area contributed by atoms with Gasteiger partial charge in [0, 0.05) is 5.75 Å². The molecule has 0 heterocycles. The van der Waals surface area contributed by atoms with Crippen LogP contribution >= 0.6 is 11.8 Å². The van der Waals surface area contributed by atoms with Gasteiger partial charge in [0.25, 0.3) is 0 Å². The van der Waals surface area contributed by atoms with Gasteiger partial charge < -0.3 is 5.11 Å². The van der Waals surface area contributed by atoms with E-state index in [1.165, 1.54) is 11.8 Å². The van der Waals surface area contributed by atoms with Crippen LogP contribution in [0.15, 0.2) is 0 Å². The molecule has 0 aromatic carbocycles. The van der Waals surface area contributed by atoms with Crippen LogP contribution in [0.2, 0.25) is 0 Å². The zero-order valence-corrected chi connectivity index (χ0v) is 4.16. The number of rotatable bonds is 2. The minimum Gasteiger partial charge on any atom is -0.395 e. The zero-order valence-electron chi connectivity index (χ0n) is 3.35. The molecule has 0 saturated carbocycles. The molecule has 0 bridgehead atoms. The predicted octanol–water partition coefficient (Wildman–Crippen LogP) is 0.303. The molecule has 0 spiro atoms. The van der Waals surface area contributed by atoms with Crippen molar-refractivity contribution in [2.45, 2.75) is 0 Å². The highest BCUT2D eigenvalue weighted by atomic mass is 32.2. The Morgan fingerprint density at radius 2 is 2.50 bits per heavy atom. The predicted molar refractivity (Wildman–Crippen MR) is 28.4 cm³/mol. The lowest BCUT2D eigenvalue weighted by atomic mass is 10.9. The van der Waals surface area contributed by atoms with Crippen LogP contribution in [0.25, 0.3) is 0 Å². The summed E-state index contributed by atoms with van der Waals surface area (Å²) >= 11 is 1.29. The van der Waals surface area contributed by atoms with Crippen molar-refractivity contribution < 1.29 is 5.11 Å². The Morgan fingerprint density at radius 1 is 1.83 bits per heavy atom. The summed E-state index contributed by atoms with van der Waals surface area (Å²) in [6, 6.07) is 0. The van der Waals surface area contributed by atoms with Gasteiger partial charge in [0.2, 0.25) is 0 Å². The fourth-order valence-electron chi connectivity index (χ4n) is 0.105. The fraction of sp³-hybridized carbons (Fsp3) is 0.500. The van der Waals surface area contributed by atoms with E-state index in [9.17, 15) is 0 Å². The molecule has 0 aromatic heterocycles. The highest BCUT2D eigenvalue weighted by Gasteiger charge is 1.73. The van der Waals surface area contributed by atoms with E-state index in [-0.39, 0.29) is 6.61 Å². The van der Waals surface area contributed by atoms with E-state index in [0.29, 0.717) is 5.75 Å². The maximum atomic E-state index is 8.08. The van der Waals surface area contributed by atoms with E-state index < -0.39 is 0 Å². The molecule has 0 fully saturated rings. The standard InChI is InChI=1S/C4H6OS/c1-2-6-4-3-5/h1,5H,3-4H2. The van der Waals surface area contributed by atoms with Gasteiger partial charge in [-0.1, -0.05) is 11.8 Å². The van der Waals surface area contributed by atoms with Crippen LogP contribution < -0.4 is 0 Å². The average molecular weight is 102 g/mol. The maximum Gasteiger partial charge on any atom is 0.0531 e. The molecular weight excluding hydrogens is 96.1 g/mol. The Balaban J connectivity index is 2.54. The number of aliphatic hydroxyl groups is 1. The highest BCUT2D eigenvalue weighted by Crippen LogP contribution is 1.90. The summed E-state index contributed by atoms with van der Waals surface area (Å²) in [4.78, 5) is 0. The molecule has 0 rings (SSSR count). The first kappa shape index (κ1) is 5.87. The van der Waals surface area contributed by atoms with Crippen molar-refractivity contribution >= 4 is 11.8 Å². The molecule has 0 unspecified atom stereocenters. The van der Waals surface area contributed by atoms with E-state index in [1.807, 2.05) is 0 Å². The number of aliphatic hydroxyl groups excluding tert-OH is 1. The number of hydrogen-bond donors (Lipinski definition) is 1. The number of terminal acetylenes is 1. The van der Waals surface area contributed by atoms with Gasteiger partial charge in [0.1, 0.15) is 0 Å². The summed E-state index contributed by atoms with van der Waals surface area (Å²) in [5, 5.41) is 10.4. The Bertz CT molecular complexity index is 55.1. The van der Waals surface area contributed by atoms with Crippen molar-refractivity contribution in [2.24, 2.45) is 0 Å².